The maximum atomic E-state index is 5.58. The SMILES string of the molecule is CCO[C@H]1C[C@H](c2ccccc2)N(C)O1. The molecule has 0 N–H and O–H groups in total. The van der Waals surface area contributed by atoms with Crippen molar-refractivity contribution in [3.05, 3.63) is 35.9 Å². The Hall–Kier alpha value is -0.900. The maximum absolute atomic E-state index is 5.58. The zero-order valence-corrected chi connectivity index (χ0v) is 9.22. The highest BCUT2D eigenvalue weighted by Gasteiger charge is 2.32. The molecule has 0 bridgehead atoms. The summed E-state index contributed by atoms with van der Waals surface area (Å²) in [6.45, 7) is 2.68. The Balaban J connectivity index is 2.05. The molecule has 1 aromatic rings. The molecule has 82 valence electrons. The Bertz CT molecular complexity index is 302. The van der Waals surface area contributed by atoms with Crippen molar-refractivity contribution >= 4 is 0 Å². The van der Waals surface area contributed by atoms with Gasteiger partial charge in [0.15, 0.2) is 6.29 Å². The van der Waals surface area contributed by atoms with Crippen molar-refractivity contribution in [3.63, 3.8) is 0 Å². The molecule has 0 amide bonds. The predicted octanol–water partition coefficient (Wildman–Crippen LogP) is 2.36. The van der Waals surface area contributed by atoms with Gasteiger partial charge in [-0.05, 0) is 12.5 Å². The van der Waals surface area contributed by atoms with Crippen LogP contribution in [-0.2, 0) is 9.57 Å². The molecule has 1 aromatic carbocycles. The van der Waals surface area contributed by atoms with E-state index >= 15 is 0 Å². The minimum atomic E-state index is -0.0924. The van der Waals surface area contributed by atoms with Crippen LogP contribution in [0.2, 0.25) is 0 Å². The average Bonchev–Trinajstić information content (AvgIpc) is 2.61. The Morgan fingerprint density at radius 2 is 2.13 bits per heavy atom. The predicted molar refractivity (Wildman–Crippen MR) is 58.1 cm³/mol. The molecule has 1 heterocycles. The van der Waals surface area contributed by atoms with E-state index in [9.17, 15) is 0 Å². The standard InChI is InChI=1S/C12H17NO2/c1-3-14-12-9-11(13(2)15-12)10-7-5-4-6-8-10/h4-8,11-12H,3,9H2,1-2H3/t11-,12-/m1/s1. The molecule has 1 saturated heterocycles. The average molecular weight is 207 g/mol. The van der Waals surface area contributed by atoms with Crippen molar-refractivity contribution < 1.29 is 9.57 Å². The van der Waals surface area contributed by atoms with Crippen molar-refractivity contribution in [1.29, 1.82) is 0 Å². The number of benzene rings is 1. The Kier molecular flexibility index (Phi) is 3.36. The number of ether oxygens (including phenoxy) is 1. The van der Waals surface area contributed by atoms with Gasteiger partial charge in [-0.15, -0.1) is 0 Å². The number of nitrogens with zero attached hydrogens (tertiary/aromatic N) is 1. The van der Waals surface area contributed by atoms with Gasteiger partial charge in [0, 0.05) is 20.1 Å². The second-order valence-corrected chi connectivity index (χ2v) is 3.70. The van der Waals surface area contributed by atoms with Crippen LogP contribution < -0.4 is 0 Å². The highest BCUT2D eigenvalue weighted by atomic mass is 16.8. The third-order valence-electron chi connectivity index (χ3n) is 2.68. The van der Waals surface area contributed by atoms with Gasteiger partial charge in [-0.25, -0.2) is 0 Å². The molecular weight excluding hydrogens is 190 g/mol. The largest absolute Gasteiger partial charge is 0.351 e. The van der Waals surface area contributed by atoms with Crippen LogP contribution in [0.15, 0.2) is 30.3 Å². The topological polar surface area (TPSA) is 21.7 Å². The second kappa shape index (κ2) is 4.75. The first-order valence-corrected chi connectivity index (χ1v) is 5.37. The van der Waals surface area contributed by atoms with Gasteiger partial charge in [0.05, 0.1) is 6.04 Å². The highest BCUT2D eigenvalue weighted by molar-refractivity contribution is 5.19. The van der Waals surface area contributed by atoms with Gasteiger partial charge in [0.2, 0.25) is 0 Å². The van der Waals surface area contributed by atoms with Crippen LogP contribution in [-0.4, -0.2) is 25.0 Å². The minimum absolute atomic E-state index is 0.0924. The fraction of sp³-hybridized carbons (Fsp3) is 0.500. The van der Waals surface area contributed by atoms with Gasteiger partial charge in [0.1, 0.15) is 0 Å². The zero-order valence-electron chi connectivity index (χ0n) is 9.22. The van der Waals surface area contributed by atoms with Crippen LogP contribution in [0.5, 0.6) is 0 Å². The van der Waals surface area contributed by atoms with Crippen LogP contribution in [0.25, 0.3) is 0 Å². The Morgan fingerprint density at radius 1 is 1.40 bits per heavy atom. The van der Waals surface area contributed by atoms with Crippen molar-refractivity contribution in [1.82, 2.24) is 5.06 Å². The van der Waals surface area contributed by atoms with Gasteiger partial charge < -0.3 is 4.74 Å². The summed E-state index contributed by atoms with van der Waals surface area (Å²) >= 11 is 0. The van der Waals surface area contributed by atoms with E-state index < -0.39 is 0 Å². The summed E-state index contributed by atoms with van der Waals surface area (Å²) < 4.78 is 5.46. The lowest BCUT2D eigenvalue weighted by Crippen LogP contribution is -2.17. The van der Waals surface area contributed by atoms with Crippen molar-refractivity contribution in [2.75, 3.05) is 13.7 Å². The molecule has 2 atom stereocenters. The van der Waals surface area contributed by atoms with Crippen LogP contribution in [0.4, 0.5) is 0 Å². The van der Waals surface area contributed by atoms with Gasteiger partial charge in [-0.1, -0.05) is 30.3 Å². The lowest BCUT2D eigenvalue weighted by atomic mass is 10.0. The summed E-state index contributed by atoms with van der Waals surface area (Å²) in [5, 5.41) is 1.88. The Morgan fingerprint density at radius 3 is 2.80 bits per heavy atom. The molecule has 2 rings (SSSR count). The third-order valence-corrected chi connectivity index (χ3v) is 2.68. The first-order valence-electron chi connectivity index (χ1n) is 5.37. The number of rotatable bonds is 3. The molecule has 1 aliphatic heterocycles. The summed E-state index contributed by atoms with van der Waals surface area (Å²) in [6.07, 6.45) is 0.805. The Labute approximate surface area is 90.6 Å². The minimum Gasteiger partial charge on any atom is -0.351 e. The maximum Gasteiger partial charge on any atom is 0.179 e. The summed E-state index contributed by atoms with van der Waals surface area (Å²) in [5.41, 5.74) is 1.28. The van der Waals surface area contributed by atoms with Crippen molar-refractivity contribution in [3.8, 4) is 0 Å². The molecular formula is C12H17NO2. The normalized spacial score (nSPS) is 27.1. The zero-order chi connectivity index (χ0) is 10.7. The quantitative estimate of drug-likeness (QED) is 0.759. The first-order chi connectivity index (χ1) is 7.31. The molecule has 0 aromatic heterocycles. The number of hydroxylamine groups is 2. The van der Waals surface area contributed by atoms with Gasteiger partial charge in [0.25, 0.3) is 0 Å². The van der Waals surface area contributed by atoms with Crippen LogP contribution in [0, 0.1) is 0 Å². The van der Waals surface area contributed by atoms with Crippen LogP contribution in [0.3, 0.4) is 0 Å². The van der Waals surface area contributed by atoms with Gasteiger partial charge >= 0.3 is 0 Å². The van der Waals surface area contributed by atoms with E-state index in [2.05, 4.69) is 24.3 Å². The summed E-state index contributed by atoms with van der Waals surface area (Å²) in [7, 11) is 1.96. The van der Waals surface area contributed by atoms with E-state index in [0.717, 1.165) is 6.42 Å². The summed E-state index contributed by atoms with van der Waals surface area (Å²) in [6, 6.07) is 10.7. The molecule has 0 saturated carbocycles. The first kappa shape index (κ1) is 10.6. The number of hydrogen-bond acceptors (Lipinski definition) is 3. The van der Waals surface area contributed by atoms with E-state index in [0.29, 0.717) is 12.6 Å². The fourth-order valence-corrected chi connectivity index (χ4v) is 1.94. The van der Waals surface area contributed by atoms with Gasteiger partial charge in [-0.2, -0.15) is 5.06 Å². The fourth-order valence-electron chi connectivity index (χ4n) is 1.94. The molecule has 1 aliphatic rings. The second-order valence-electron chi connectivity index (χ2n) is 3.70. The van der Waals surface area contributed by atoms with Gasteiger partial charge in [-0.3, -0.25) is 4.84 Å². The smallest absolute Gasteiger partial charge is 0.179 e. The van der Waals surface area contributed by atoms with E-state index in [-0.39, 0.29) is 6.29 Å². The van der Waals surface area contributed by atoms with Crippen LogP contribution >= 0.6 is 0 Å². The lowest BCUT2D eigenvalue weighted by molar-refractivity contribution is -0.227. The van der Waals surface area contributed by atoms with E-state index in [1.54, 1.807) is 0 Å². The lowest BCUT2D eigenvalue weighted by Gasteiger charge is -2.16. The summed E-state index contributed by atoms with van der Waals surface area (Å²) in [5.74, 6) is 0. The van der Waals surface area contributed by atoms with E-state index in [1.165, 1.54) is 5.56 Å². The molecule has 0 aliphatic carbocycles. The molecule has 3 heteroatoms. The highest BCUT2D eigenvalue weighted by Crippen LogP contribution is 2.32. The molecule has 0 unspecified atom stereocenters. The molecule has 0 spiro atoms. The van der Waals surface area contributed by atoms with Crippen LogP contribution in [0.1, 0.15) is 24.9 Å². The van der Waals surface area contributed by atoms with E-state index in [4.69, 9.17) is 9.57 Å². The van der Waals surface area contributed by atoms with Crippen molar-refractivity contribution in [2.45, 2.75) is 25.7 Å². The molecule has 0 radical (unpaired) electrons. The monoisotopic (exact) mass is 207 g/mol. The molecule has 3 nitrogen and oxygen atoms in total. The van der Waals surface area contributed by atoms with E-state index in [1.807, 2.05) is 25.1 Å². The molecule has 1 fully saturated rings. The van der Waals surface area contributed by atoms with Crippen molar-refractivity contribution in [2.24, 2.45) is 0 Å². The number of hydrogen-bond donors (Lipinski definition) is 0. The third kappa shape index (κ3) is 2.37. The molecule has 15 heavy (non-hydrogen) atoms. The summed E-state index contributed by atoms with van der Waals surface area (Å²) in [4.78, 5) is 5.58.